The first kappa shape index (κ1) is 13.6. The number of nitrogens with one attached hydrogen (secondary N) is 1. The van der Waals surface area contributed by atoms with Gasteiger partial charge in [0.05, 0.1) is 0 Å². The van der Waals surface area contributed by atoms with Gasteiger partial charge in [0.25, 0.3) is 5.91 Å². The first-order valence-corrected chi connectivity index (χ1v) is 6.44. The maximum Gasteiger partial charge on any atom is 0.325 e. The molecule has 4 nitrogen and oxygen atoms in total. The Balaban J connectivity index is 2.44. The van der Waals surface area contributed by atoms with Crippen molar-refractivity contribution in [1.29, 1.82) is 0 Å². The standard InChI is InChI=1S/C14H15ClN2O2/c1-3-9-17-12(18)14(4-2,16-13(17)19)10-5-7-11(15)8-6-10/h3,5-8H,1,4,9H2,2H3,(H,16,19)/t14-/m0/s1. The van der Waals surface area contributed by atoms with Crippen LogP contribution in [0.3, 0.4) is 0 Å². The second-order valence-electron chi connectivity index (χ2n) is 4.40. The van der Waals surface area contributed by atoms with Gasteiger partial charge in [0, 0.05) is 11.6 Å². The maximum absolute atomic E-state index is 12.5. The molecule has 1 aliphatic rings. The normalized spacial score (nSPS) is 22.5. The van der Waals surface area contributed by atoms with E-state index in [1.54, 1.807) is 24.3 Å². The number of benzene rings is 1. The van der Waals surface area contributed by atoms with Gasteiger partial charge < -0.3 is 5.32 Å². The van der Waals surface area contributed by atoms with Crippen molar-refractivity contribution < 1.29 is 9.59 Å². The highest BCUT2D eigenvalue weighted by Crippen LogP contribution is 2.32. The quantitative estimate of drug-likeness (QED) is 0.680. The summed E-state index contributed by atoms with van der Waals surface area (Å²) in [4.78, 5) is 25.6. The molecule has 1 fully saturated rings. The molecule has 100 valence electrons. The maximum atomic E-state index is 12.5. The minimum Gasteiger partial charge on any atom is -0.319 e. The molecule has 0 spiro atoms. The lowest BCUT2D eigenvalue weighted by Crippen LogP contribution is -2.43. The van der Waals surface area contributed by atoms with Crippen molar-refractivity contribution in [3.63, 3.8) is 0 Å². The molecule has 3 amide bonds. The van der Waals surface area contributed by atoms with Crippen molar-refractivity contribution >= 4 is 23.5 Å². The van der Waals surface area contributed by atoms with E-state index in [2.05, 4.69) is 11.9 Å². The lowest BCUT2D eigenvalue weighted by atomic mass is 9.87. The molecular formula is C14H15ClN2O2. The van der Waals surface area contributed by atoms with E-state index in [-0.39, 0.29) is 18.5 Å². The number of rotatable bonds is 4. The van der Waals surface area contributed by atoms with E-state index in [1.165, 1.54) is 11.0 Å². The van der Waals surface area contributed by atoms with Gasteiger partial charge in [-0.25, -0.2) is 4.79 Å². The molecule has 1 saturated heterocycles. The zero-order chi connectivity index (χ0) is 14.0. The van der Waals surface area contributed by atoms with Crippen molar-refractivity contribution in [3.8, 4) is 0 Å². The van der Waals surface area contributed by atoms with Crippen molar-refractivity contribution in [2.45, 2.75) is 18.9 Å². The largest absolute Gasteiger partial charge is 0.325 e. The highest BCUT2D eigenvalue weighted by Gasteiger charge is 2.50. The van der Waals surface area contributed by atoms with Crippen LogP contribution in [0.5, 0.6) is 0 Å². The first-order chi connectivity index (χ1) is 9.05. The second-order valence-corrected chi connectivity index (χ2v) is 4.84. The van der Waals surface area contributed by atoms with Crippen LogP contribution in [0.25, 0.3) is 0 Å². The molecule has 0 aliphatic carbocycles. The molecular weight excluding hydrogens is 264 g/mol. The van der Waals surface area contributed by atoms with E-state index in [0.29, 0.717) is 11.4 Å². The summed E-state index contributed by atoms with van der Waals surface area (Å²) in [6, 6.07) is 6.57. The summed E-state index contributed by atoms with van der Waals surface area (Å²) in [7, 11) is 0. The minimum absolute atomic E-state index is 0.208. The summed E-state index contributed by atoms with van der Waals surface area (Å²) in [5, 5.41) is 3.38. The van der Waals surface area contributed by atoms with Crippen molar-refractivity contribution in [3.05, 3.63) is 47.5 Å². The third-order valence-corrected chi connectivity index (χ3v) is 3.61. The fraction of sp³-hybridized carbons (Fsp3) is 0.286. The highest BCUT2D eigenvalue weighted by molar-refractivity contribution is 6.30. The van der Waals surface area contributed by atoms with E-state index >= 15 is 0 Å². The van der Waals surface area contributed by atoms with Gasteiger partial charge in [0.1, 0.15) is 5.54 Å². The zero-order valence-corrected chi connectivity index (χ0v) is 11.4. The number of hydrogen-bond acceptors (Lipinski definition) is 2. The monoisotopic (exact) mass is 278 g/mol. The molecule has 1 heterocycles. The molecule has 1 aromatic carbocycles. The minimum atomic E-state index is -0.995. The number of hydrogen-bond donors (Lipinski definition) is 1. The lowest BCUT2D eigenvalue weighted by Gasteiger charge is -2.25. The first-order valence-electron chi connectivity index (χ1n) is 6.06. The van der Waals surface area contributed by atoms with Gasteiger partial charge in [-0.3, -0.25) is 9.69 Å². The van der Waals surface area contributed by atoms with Crippen molar-refractivity contribution in [2.24, 2.45) is 0 Å². The molecule has 1 atom stereocenters. The van der Waals surface area contributed by atoms with Crippen LogP contribution in [0.15, 0.2) is 36.9 Å². The summed E-state index contributed by atoms with van der Waals surface area (Å²) in [5.74, 6) is -0.248. The van der Waals surface area contributed by atoms with Crippen LogP contribution in [0.2, 0.25) is 5.02 Å². The van der Waals surface area contributed by atoms with E-state index in [9.17, 15) is 9.59 Å². The molecule has 5 heteroatoms. The Kier molecular flexibility index (Phi) is 3.62. The van der Waals surface area contributed by atoms with Crippen LogP contribution >= 0.6 is 11.6 Å². The number of carbonyl (C=O) groups excluding carboxylic acids is 2. The number of nitrogens with zero attached hydrogens (tertiary/aromatic N) is 1. The van der Waals surface area contributed by atoms with Crippen molar-refractivity contribution in [2.75, 3.05) is 6.54 Å². The van der Waals surface area contributed by atoms with E-state index in [1.807, 2.05) is 6.92 Å². The van der Waals surface area contributed by atoms with Gasteiger partial charge in [-0.2, -0.15) is 0 Å². The average Bonchev–Trinajstić information content (AvgIpc) is 2.65. The topological polar surface area (TPSA) is 49.4 Å². The Morgan fingerprint density at radius 2 is 2.00 bits per heavy atom. The third kappa shape index (κ3) is 2.12. The zero-order valence-electron chi connectivity index (χ0n) is 10.6. The number of imide groups is 1. The molecule has 19 heavy (non-hydrogen) atoms. The van der Waals surface area contributed by atoms with Gasteiger partial charge in [0.2, 0.25) is 0 Å². The molecule has 0 bridgehead atoms. The van der Waals surface area contributed by atoms with Gasteiger partial charge >= 0.3 is 6.03 Å². The fourth-order valence-corrected chi connectivity index (χ4v) is 2.42. The van der Waals surface area contributed by atoms with Crippen LogP contribution in [0, 0.1) is 0 Å². The Hall–Kier alpha value is -1.81. The summed E-state index contributed by atoms with van der Waals surface area (Å²) < 4.78 is 0. The molecule has 0 unspecified atom stereocenters. The fourth-order valence-electron chi connectivity index (χ4n) is 2.29. The number of amides is 3. The summed E-state index contributed by atoms with van der Waals surface area (Å²) in [5.41, 5.74) is -0.255. The van der Waals surface area contributed by atoms with Gasteiger partial charge in [0.15, 0.2) is 0 Å². The molecule has 0 aromatic heterocycles. The Labute approximate surface area is 117 Å². The smallest absolute Gasteiger partial charge is 0.319 e. The average molecular weight is 279 g/mol. The van der Waals surface area contributed by atoms with Crippen LogP contribution in [-0.2, 0) is 10.3 Å². The third-order valence-electron chi connectivity index (χ3n) is 3.35. The Morgan fingerprint density at radius 1 is 1.37 bits per heavy atom. The number of halogens is 1. The van der Waals surface area contributed by atoms with Crippen LogP contribution in [-0.4, -0.2) is 23.4 Å². The molecule has 1 N–H and O–H groups in total. The second kappa shape index (κ2) is 5.05. The van der Waals surface area contributed by atoms with Crippen molar-refractivity contribution in [1.82, 2.24) is 10.2 Å². The van der Waals surface area contributed by atoms with Crippen LogP contribution in [0.4, 0.5) is 4.79 Å². The molecule has 1 aliphatic heterocycles. The summed E-state index contributed by atoms with van der Waals surface area (Å²) >= 11 is 5.85. The Morgan fingerprint density at radius 3 is 2.53 bits per heavy atom. The van der Waals surface area contributed by atoms with Gasteiger partial charge in [-0.05, 0) is 24.1 Å². The van der Waals surface area contributed by atoms with Crippen LogP contribution < -0.4 is 5.32 Å². The number of carbonyl (C=O) groups is 2. The molecule has 0 saturated carbocycles. The van der Waals surface area contributed by atoms with E-state index < -0.39 is 5.54 Å². The van der Waals surface area contributed by atoms with E-state index in [4.69, 9.17) is 11.6 Å². The predicted molar refractivity (Wildman–Crippen MR) is 73.9 cm³/mol. The lowest BCUT2D eigenvalue weighted by molar-refractivity contribution is -0.131. The van der Waals surface area contributed by atoms with E-state index in [0.717, 1.165) is 5.56 Å². The summed E-state index contributed by atoms with van der Waals surface area (Å²) in [6.45, 7) is 5.63. The molecule has 1 aromatic rings. The molecule has 0 radical (unpaired) electrons. The SMILES string of the molecule is C=CCN1C(=O)N[C@@](CC)(c2ccc(Cl)cc2)C1=O. The Bertz CT molecular complexity index is 527. The highest BCUT2D eigenvalue weighted by atomic mass is 35.5. The summed E-state index contributed by atoms with van der Waals surface area (Å²) in [6.07, 6.45) is 2.01. The van der Waals surface area contributed by atoms with Crippen LogP contribution in [0.1, 0.15) is 18.9 Å². The van der Waals surface area contributed by atoms with Gasteiger partial charge in [-0.1, -0.05) is 36.7 Å². The van der Waals surface area contributed by atoms with Gasteiger partial charge in [-0.15, -0.1) is 6.58 Å². The predicted octanol–water partition coefficient (Wildman–Crippen LogP) is 2.68. The molecule has 2 rings (SSSR count). The number of urea groups is 1.